The third-order valence-corrected chi connectivity index (χ3v) is 7.69. The van der Waals surface area contributed by atoms with Gasteiger partial charge in [0.15, 0.2) is 0 Å². The quantitative estimate of drug-likeness (QED) is 0.761. The fourth-order valence-corrected chi connectivity index (χ4v) is 5.97. The molecule has 0 N–H and O–H groups in total. The smallest absolute Gasteiger partial charge is 0.225 e. The lowest BCUT2D eigenvalue weighted by Gasteiger charge is -2.31. The molecular formula is C24H36N4O2. The average Bonchev–Trinajstić information content (AvgIpc) is 3.44. The maximum atomic E-state index is 13.0. The largest absolute Gasteiger partial charge is 0.378 e. The molecule has 2 atom stereocenters. The Bertz CT molecular complexity index is 712. The molecule has 6 nitrogen and oxygen atoms in total. The lowest BCUT2D eigenvalue weighted by molar-refractivity contribution is -0.134. The molecule has 0 aromatic carbocycles. The average molecular weight is 413 g/mol. The van der Waals surface area contributed by atoms with Crippen molar-refractivity contribution in [3.63, 3.8) is 0 Å². The lowest BCUT2D eigenvalue weighted by Crippen LogP contribution is -2.41. The van der Waals surface area contributed by atoms with Gasteiger partial charge in [0.25, 0.3) is 0 Å². The Morgan fingerprint density at radius 3 is 2.57 bits per heavy atom. The molecule has 1 saturated carbocycles. The molecule has 164 valence electrons. The van der Waals surface area contributed by atoms with Crippen LogP contribution in [-0.2, 0) is 16.1 Å². The van der Waals surface area contributed by atoms with E-state index in [0.717, 1.165) is 71.1 Å². The molecule has 1 amide bonds. The Morgan fingerprint density at radius 2 is 1.80 bits per heavy atom. The molecule has 0 radical (unpaired) electrons. The number of carbonyl (C=O) groups excluding carboxylic acids is 1. The van der Waals surface area contributed by atoms with Crippen molar-refractivity contribution in [1.29, 1.82) is 0 Å². The SMILES string of the molecule is O=C(C1CCCC1)N1C[C@@H]2CCCCN(Cc3ccc(N4CCOCC4)nc3)[C@@H]2C1. The molecular weight excluding hydrogens is 376 g/mol. The van der Waals surface area contributed by atoms with Gasteiger partial charge in [0.1, 0.15) is 5.82 Å². The molecule has 4 heterocycles. The van der Waals surface area contributed by atoms with E-state index in [4.69, 9.17) is 9.72 Å². The fourth-order valence-electron chi connectivity index (χ4n) is 5.97. The Balaban J connectivity index is 1.24. The first-order valence-corrected chi connectivity index (χ1v) is 12.1. The van der Waals surface area contributed by atoms with Gasteiger partial charge in [-0.3, -0.25) is 9.69 Å². The van der Waals surface area contributed by atoms with Crippen LogP contribution < -0.4 is 4.90 Å². The van der Waals surface area contributed by atoms with Gasteiger partial charge in [0, 0.05) is 50.9 Å². The van der Waals surface area contributed by atoms with E-state index in [2.05, 4.69) is 33.0 Å². The second-order valence-electron chi connectivity index (χ2n) is 9.64. The Labute approximate surface area is 180 Å². The predicted molar refractivity (Wildman–Crippen MR) is 117 cm³/mol. The molecule has 0 spiro atoms. The van der Waals surface area contributed by atoms with Crippen molar-refractivity contribution in [2.75, 3.05) is 50.8 Å². The zero-order valence-corrected chi connectivity index (χ0v) is 18.2. The fraction of sp³-hybridized carbons (Fsp3) is 0.750. The first kappa shape index (κ1) is 20.3. The van der Waals surface area contributed by atoms with Crippen LogP contribution in [-0.4, -0.2) is 72.7 Å². The van der Waals surface area contributed by atoms with Crippen LogP contribution in [0.5, 0.6) is 0 Å². The van der Waals surface area contributed by atoms with Crippen LogP contribution in [0.3, 0.4) is 0 Å². The molecule has 4 aliphatic rings. The van der Waals surface area contributed by atoms with E-state index in [-0.39, 0.29) is 0 Å². The molecule has 0 bridgehead atoms. The van der Waals surface area contributed by atoms with Crippen LogP contribution in [0.2, 0.25) is 0 Å². The van der Waals surface area contributed by atoms with Crippen molar-refractivity contribution in [2.45, 2.75) is 57.5 Å². The highest BCUT2D eigenvalue weighted by atomic mass is 16.5. The summed E-state index contributed by atoms with van der Waals surface area (Å²) in [5.41, 5.74) is 1.29. The summed E-state index contributed by atoms with van der Waals surface area (Å²) in [7, 11) is 0. The molecule has 0 unspecified atom stereocenters. The molecule has 4 fully saturated rings. The topological polar surface area (TPSA) is 48.9 Å². The molecule has 1 aromatic heterocycles. The Morgan fingerprint density at radius 1 is 1.00 bits per heavy atom. The van der Waals surface area contributed by atoms with E-state index in [9.17, 15) is 4.79 Å². The van der Waals surface area contributed by atoms with E-state index in [1.807, 2.05) is 0 Å². The van der Waals surface area contributed by atoms with Crippen molar-refractivity contribution in [3.05, 3.63) is 23.9 Å². The Kier molecular flexibility index (Phi) is 6.23. The van der Waals surface area contributed by atoms with Crippen LogP contribution in [0, 0.1) is 11.8 Å². The molecule has 5 rings (SSSR count). The summed E-state index contributed by atoms with van der Waals surface area (Å²) in [6.45, 7) is 7.41. The van der Waals surface area contributed by atoms with Crippen LogP contribution >= 0.6 is 0 Å². The summed E-state index contributed by atoms with van der Waals surface area (Å²) in [4.78, 5) is 24.9. The van der Waals surface area contributed by atoms with E-state index in [0.29, 0.717) is 23.8 Å². The van der Waals surface area contributed by atoms with E-state index in [1.165, 1.54) is 37.7 Å². The molecule has 3 saturated heterocycles. The van der Waals surface area contributed by atoms with Gasteiger partial charge in [-0.1, -0.05) is 25.3 Å². The lowest BCUT2D eigenvalue weighted by atomic mass is 9.98. The monoisotopic (exact) mass is 412 g/mol. The van der Waals surface area contributed by atoms with Crippen molar-refractivity contribution >= 4 is 11.7 Å². The minimum absolute atomic E-state index is 0.303. The van der Waals surface area contributed by atoms with Gasteiger partial charge >= 0.3 is 0 Å². The first-order valence-electron chi connectivity index (χ1n) is 12.1. The zero-order chi connectivity index (χ0) is 20.3. The minimum atomic E-state index is 0.303. The second-order valence-corrected chi connectivity index (χ2v) is 9.64. The summed E-state index contributed by atoms with van der Waals surface area (Å²) >= 11 is 0. The number of morpholine rings is 1. The normalized spacial score (nSPS) is 28.5. The van der Waals surface area contributed by atoms with E-state index < -0.39 is 0 Å². The third-order valence-electron chi connectivity index (χ3n) is 7.69. The summed E-state index contributed by atoms with van der Waals surface area (Å²) < 4.78 is 5.45. The third kappa shape index (κ3) is 4.35. The maximum absolute atomic E-state index is 13.0. The van der Waals surface area contributed by atoms with E-state index >= 15 is 0 Å². The van der Waals surface area contributed by atoms with Gasteiger partial charge in [0.2, 0.25) is 5.91 Å². The first-order chi connectivity index (χ1) is 14.8. The van der Waals surface area contributed by atoms with Gasteiger partial charge in [0.05, 0.1) is 13.2 Å². The van der Waals surface area contributed by atoms with Crippen LogP contribution in [0.25, 0.3) is 0 Å². The number of amides is 1. The minimum Gasteiger partial charge on any atom is -0.378 e. The predicted octanol–water partition coefficient (Wildman–Crippen LogP) is 2.92. The summed E-state index contributed by atoms with van der Waals surface area (Å²) in [5, 5.41) is 0. The van der Waals surface area contributed by atoms with Crippen LogP contribution in [0.15, 0.2) is 18.3 Å². The van der Waals surface area contributed by atoms with Gasteiger partial charge in [-0.25, -0.2) is 4.98 Å². The number of nitrogens with zero attached hydrogens (tertiary/aromatic N) is 4. The molecule has 6 heteroatoms. The number of anilines is 1. The van der Waals surface area contributed by atoms with Gasteiger partial charge < -0.3 is 14.5 Å². The van der Waals surface area contributed by atoms with E-state index in [1.54, 1.807) is 0 Å². The highest BCUT2D eigenvalue weighted by Gasteiger charge is 2.41. The molecule has 30 heavy (non-hydrogen) atoms. The number of likely N-dealkylation sites (tertiary alicyclic amines) is 2. The zero-order valence-electron chi connectivity index (χ0n) is 18.2. The van der Waals surface area contributed by atoms with Crippen LogP contribution in [0.1, 0.15) is 50.5 Å². The number of carbonyl (C=O) groups is 1. The number of pyridine rings is 1. The van der Waals surface area contributed by atoms with Crippen molar-refractivity contribution in [1.82, 2.24) is 14.8 Å². The number of aromatic nitrogens is 1. The standard InChI is InChI=1S/C24H36N4O2/c29-24(20-5-1-2-6-20)28-17-21-7-3-4-10-27(22(21)18-28)16-19-8-9-23(25-15-19)26-11-13-30-14-12-26/h8-9,15,20-22H,1-7,10-14,16-18H2/t21-,22+/m0/s1. The molecule has 1 aliphatic carbocycles. The number of ether oxygens (including phenoxy) is 1. The van der Waals surface area contributed by atoms with Gasteiger partial charge in [-0.05, 0) is 49.8 Å². The van der Waals surface area contributed by atoms with Crippen molar-refractivity contribution in [2.24, 2.45) is 11.8 Å². The number of fused-ring (bicyclic) bond motifs is 1. The van der Waals surface area contributed by atoms with Crippen molar-refractivity contribution in [3.8, 4) is 0 Å². The Hall–Kier alpha value is -1.66. The summed E-state index contributed by atoms with van der Waals surface area (Å²) in [5.74, 6) is 2.44. The van der Waals surface area contributed by atoms with Gasteiger partial charge in [-0.15, -0.1) is 0 Å². The van der Waals surface area contributed by atoms with Crippen LogP contribution in [0.4, 0.5) is 5.82 Å². The molecule has 1 aromatic rings. The number of hydrogen-bond donors (Lipinski definition) is 0. The number of hydrogen-bond acceptors (Lipinski definition) is 5. The van der Waals surface area contributed by atoms with Crippen molar-refractivity contribution < 1.29 is 9.53 Å². The summed E-state index contributed by atoms with van der Waals surface area (Å²) in [6, 6.07) is 4.92. The number of rotatable bonds is 4. The highest BCUT2D eigenvalue weighted by molar-refractivity contribution is 5.79. The highest BCUT2D eigenvalue weighted by Crippen LogP contribution is 2.34. The molecule has 3 aliphatic heterocycles. The summed E-state index contributed by atoms with van der Waals surface area (Å²) in [6.07, 6.45) is 10.6. The second kappa shape index (κ2) is 9.23. The maximum Gasteiger partial charge on any atom is 0.225 e. The van der Waals surface area contributed by atoms with Gasteiger partial charge in [-0.2, -0.15) is 0 Å².